The van der Waals surface area contributed by atoms with E-state index in [4.69, 9.17) is 14.9 Å². The highest BCUT2D eigenvalue weighted by molar-refractivity contribution is 5.91. The van der Waals surface area contributed by atoms with Crippen LogP contribution in [0.3, 0.4) is 0 Å². The fourth-order valence-electron chi connectivity index (χ4n) is 1.36. The van der Waals surface area contributed by atoms with Crippen molar-refractivity contribution in [2.75, 3.05) is 13.2 Å². The summed E-state index contributed by atoms with van der Waals surface area (Å²) in [5, 5.41) is 17.7. The number of aliphatic hydroxyl groups is 1. The molecule has 4 nitrogen and oxygen atoms in total. The highest BCUT2D eigenvalue weighted by Gasteiger charge is 2.13. The molecule has 16 heavy (non-hydrogen) atoms. The van der Waals surface area contributed by atoms with Gasteiger partial charge in [0.1, 0.15) is 17.9 Å². The Bertz CT molecular complexity index is 371. The quantitative estimate of drug-likeness (QED) is 0.801. The summed E-state index contributed by atoms with van der Waals surface area (Å²) in [6.45, 7) is 3.96. The first-order valence-electron chi connectivity index (χ1n) is 5.17. The van der Waals surface area contributed by atoms with Gasteiger partial charge in [-0.1, -0.05) is 19.9 Å². The van der Waals surface area contributed by atoms with E-state index in [0.717, 1.165) is 5.56 Å². The second-order valence-electron chi connectivity index (χ2n) is 3.79. The molecule has 0 unspecified atom stereocenters. The van der Waals surface area contributed by atoms with Crippen LogP contribution in [0.25, 0.3) is 0 Å². The molecule has 0 amide bonds. The molecule has 0 bridgehead atoms. The van der Waals surface area contributed by atoms with E-state index in [2.05, 4.69) is 0 Å². The minimum Gasteiger partial charge on any atom is -0.490 e. The molecule has 0 heterocycles. The number of carbonyl (C=O) groups is 1. The Hall–Kier alpha value is -1.55. The number of hydrogen-bond donors (Lipinski definition) is 2. The van der Waals surface area contributed by atoms with E-state index < -0.39 is 5.97 Å². The van der Waals surface area contributed by atoms with Crippen LogP contribution in [0.15, 0.2) is 18.2 Å². The molecule has 0 aliphatic rings. The predicted octanol–water partition coefficient (Wildman–Crippen LogP) is 1.88. The van der Waals surface area contributed by atoms with E-state index in [1.165, 1.54) is 0 Å². The normalized spacial score (nSPS) is 10.5. The Balaban J connectivity index is 3.04. The van der Waals surface area contributed by atoms with Crippen molar-refractivity contribution in [1.82, 2.24) is 0 Å². The smallest absolute Gasteiger partial charge is 0.339 e. The van der Waals surface area contributed by atoms with Crippen molar-refractivity contribution >= 4 is 5.97 Å². The summed E-state index contributed by atoms with van der Waals surface area (Å²) < 4.78 is 5.15. The number of carboxylic acid groups (broad SMARTS) is 1. The lowest BCUT2D eigenvalue weighted by molar-refractivity contribution is 0.0690. The second kappa shape index (κ2) is 5.51. The van der Waals surface area contributed by atoms with Crippen LogP contribution in [-0.2, 0) is 0 Å². The van der Waals surface area contributed by atoms with Gasteiger partial charge in [0.05, 0.1) is 6.61 Å². The van der Waals surface area contributed by atoms with Crippen molar-refractivity contribution in [3.63, 3.8) is 0 Å². The third-order valence-electron chi connectivity index (χ3n) is 2.25. The number of hydrogen-bond acceptors (Lipinski definition) is 3. The number of ether oxygens (including phenoxy) is 1. The Morgan fingerprint density at radius 1 is 1.44 bits per heavy atom. The summed E-state index contributed by atoms with van der Waals surface area (Å²) >= 11 is 0. The predicted molar refractivity (Wildman–Crippen MR) is 60.1 cm³/mol. The van der Waals surface area contributed by atoms with E-state index in [1.54, 1.807) is 12.1 Å². The molecule has 1 aromatic rings. The first kappa shape index (κ1) is 12.5. The molecule has 0 aliphatic heterocycles. The molecule has 0 fully saturated rings. The first-order valence-corrected chi connectivity index (χ1v) is 5.17. The van der Waals surface area contributed by atoms with Gasteiger partial charge in [-0.05, 0) is 23.6 Å². The Kier molecular flexibility index (Phi) is 4.31. The maximum absolute atomic E-state index is 11.0. The molecule has 1 rings (SSSR count). The van der Waals surface area contributed by atoms with Gasteiger partial charge in [-0.15, -0.1) is 0 Å². The largest absolute Gasteiger partial charge is 0.490 e. The monoisotopic (exact) mass is 224 g/mol. The average molecular weight is 224 g/mol. The lowest BCUT2D eigenvalue weighted by Crippen LogP contribution is -2.07. The fraction of sp³-hybridized carbons (Fsp3) is 0.417. The van der Waals surface area contributed by atoms with Crippen LogP contribution in [0.5, 0.6) is 5.75 Å². The lowest BCUT2D eigenvalue weighted by atomic mass is 10.0. The van der Waals surface area contributed by atoms with Gasteiger partial charge in [-0.2, -0.15) is 0 Å². The number of aliphatic hydroxyl groups excluding tert-OH is 1. The molecule has 0 aromatic heterocycles. The fourth-order valence-corrected chi connectivity index (χ4v) is 1.36. The Labute approximate surface area is 94.5 Å². The third-order valence-corrected chi connectivity index (χ3v) is 2.25. The van der Waals surface area contributed by atoms with Crippen LogP contribution in [0.2, 0.25) is 0 Å². The van der Waals surface area contributed by atoms with Crippen LogP contribution in [0, 0.1) is 0 Å². The molecule has 0 radical (unpaired) electrons. The van der Waals surface area contributed by atoms with Crippen molar-refractivity contribution < 1.29 is 19.7 Å². The van der Waals surface area contributed by atoms with Crippen LogP contribution < -0.4 is 4.74 Å². The zero-order valence-electron chi connectivity index (χ0n) is 9.43. The average Bonchev–Trinajstić information content (AvgIpc) is 2.25. The molecule has 0 spiro atoms. The highest BCUT2D eigenvalue weighted by atomic mass is 16.5. The van der Waals surface area contributed by atoms with Crippen molar-refractivity contribution in [3.8, 4) is 5.75 Å². The topological polar surface area (TPSA) is 66.8 Å². The SMILES string of the molecule is CC(C)c1ccc(OCCO)c(C(=O)O)c1. The molecule has 0 atom stereocenters. The van der Waals surface area contributed by atoms with Crippen LogP contribution in [-0.4, -0.2) is 29.4 Å². The number of aromatic carboxylic acids is 1. The molecular weight excluding hydrogens is 208 g/mol. The Morgan fingerprint density at radius 2 is 2.12 bits per heavy atom. The zero-order chi connectivity index (χ0) is 12.1. The van der Waals surface area contributed by atoms with Gasteiger partial charge in [0, 0.05) is 0 Å². The molecule has 2 N–H and O–H groups in total. The minimum atomic E-state index is -1.02. The molecule has 0 saturated heterocycles. The molecule has 88 valence electrons. The van der Waals surface area contributed by atoms with E-state index in [0.29, 0.717) is 5.75 Å². The maximum Gasteiger partial charge on any atom is 0.339 e. The van der Waals surface area contributed by atoms with Crippen molar-refractivity contribution in [2.24, 2.45) is 0 Å². The summed E-state index contributed by atoms with van der Waals surface area (Å²) in [6, 6.07) is 5.08. The molecular formula is C12H16O4. The van der Waals surface area contributed by atoms with E-state index in [1.807, 2.05) is 19.9 Å². The molecule has 1 aromatic carbocycles. The lowest BCUT2D eigenvalue weighted by Gasteiger charge is -2.11. The van der Waals surface area contributed by atoms with Gasteiger partial charge in [-0.25, -0.2) is 4.79 Å². The summed E-state index contributed by atoms with van der Waals surface area (Å²) in [5.41, 5.74) is 1.09. The number of carboxylic acids is 1. The van der Waals surface area contributed by atoms with Gasteiger partial charge < -0.3 is 14.9 Å². The zero-order valence-corrected chi connectivity index (χ0v) is 9.43. The molecule has 0 aliphatic carbocycles. The van der Waals surface area contributed by atoms with E-state index in [9.17, 15) is 4.79 Å². The van der Waals surface area contributed by atoms with Gasteiger partial charge in [0.15, 0.2) is 0 Å². The van der Waals surface area contributed by atoms with Gasteiger partial charge in [0.2, 0.25) is 0 Å². The highest BCUT2D eigenvalue weighted by Crippen LogP contribution is 2.24. The van der Waals surface area contributed by atoms with Crippen molar-refractivity contribution in [3.05, 3.63) is 29.3 Å². The van der Waals surface area contributed by atoms with Crippen LogP contribution >= 0.6 is 0 Å². The summed E-state index contributed by atoms with van der Waals surface area (Å²) in [5.74, 6) is -0.452. The summed E-state index contributed by atoms with van der Waals surface area (Å²) in [6.07, 6.45) is 0. The maximum atomic E-state index is 11.0. The first-order chi connectivity index (χ1) is 7.56. The summed E-state index contributed by atoms with van der Waals surface area (Å²) in [7, 11) is 0. The van der Waals surface area contributed by atoms with Crippen molar-refractivity contribution in [1.29, 1.82) is 0 Å². The Morgan fingerprint density at radius 3 is 2.62 bits per heavy atom. The third kappa shape index (κ3) is 2.97. The molecule has 0 saturated carbocycles. The van der Waals surface area contributed by atoms with Crippen LogP contribution in [0.1, 0.15) is 35.7 Å². The van der Waals surface area contributed by atoms with E-state index >= 15 is 0 Å². The van der Waals surface area contributed by atoms with Crippen LogP contribution in [0.4, 0.5) is 0 Å². The minimum absolute atomic E-state index is 0.0985. The van der Waals surface area contributed by atoms with Crippen molar-refractivity contribution in [2.45, 2.75) is 19.8 Å². The summed E-state index contributed by atoms with van der Waals surface area (Å²) in [4.78, 5) is 11.0. The van der Waals surface area contributed by atoms with E-state index in [-0.39, 0.29) is 24.7 Å². The van der Waals surface area contributed by atoms with Gasteiger partial charge >= 0.3 is 5.97 Å². The molecule has 4 heteroatoms. The standard InChI is InChI=1S/C12H16O4/c1-8(2)9-3-4-11(16-6-5-13)10(7-9)12(14)15/h3-4,7-8,13H,5-6H2,1-2H3,(H,14,15). The van der Waals surface area contributed by atoms with Gasteiger partial charge in [-0.3, -0.25) is 0 Å². The van der Waals surface area contributed by atoms with Gasteiger partial charge in [0.25, 0.3) is 0 Å². The number of benzene rings is 1. The second-order valence-corrected chi connectivity index (χ2v) is 3.79. The number of rotatable bonds is 5.